The number of anilines is 1. The van der Waals surface area contributed by atoms with E-state index < -0.39 is 27.9 Å². The van der Waals surface area contributed by atoms with E-state index >= 15 is 0 Å². The zero-order valence-corrected chi connectivity index (χ0v) is 16.6. The van der Waals surface area contributed by atoms with Crippen LogP contribution >= 0.6 is 0 Å². The van der Waals surface area contributed by atoms with Gasteiger partial charge in [0.1, 0.15) is 11.6 Å². The minimum absolute atomic E-state index is 0.0172. The van der Waals surface area contributed by atoms with Gasteiger partial charge in [0.25, 0.3) is 10.0 Å². The molecule has 0 bridgehead atoms. The van der Waals surface area contributed by atoms with Crippen molar-refractivity contribution < 1.29 is 35.5 Å². The van der Waals surface area contributed by atoms with Gasteiger partial charge in [-0.15, -0.1) is 0 Å². The van der Waals surface area contributed by atoms with E-state index in [9.17, 15) is 30.8 Å². The van der Waals surface area contributed by atoms with Crippen molar-refractivity contribution in [3.63, 3.8) is 0 Å². The predicted octanol–water partition coefficient (Wildman–Crippen LogP) is 3.82. The van der Waals surface area contributed by atoms with Crippen molar-refractivity contribution in [2.75, 3.05) is 11.3 Å². The van der Waals surface area contributed by atoms with Crippen LogP contribution in [0, 0.1) is 5.82 Å². The summed E-state index contributed by atoms with van der Waals surface area (Å²) in [5, 5.41) is 0. The van der Waals surface area contributed by atoms with E-state index in [1.54, 1.807) is 0 Å². The zero-order chi connectivity index (χ0) is 22.1. The molecule has 1 amide bonds. The molecule has 162 valence electrons. The molecule has 0 saturated heterocycles. The Hall–Kier alpha value is -2.82. The largest absolute Gasteiger partial charge is 0.491 e. The second-order valence-electron chi connectivity index (χ2n) is 6.68. The van der Waals surface area contributed by atoms with E-state index in [-0.39, 0.29) is 36.0 Å². The molecule has 30 heavy (non-hydrogen) atoms. The fourth-order valence-electron chi connectivity index (χ4n) is 2.98. The highest BCUT2D eigenvalue weighted by Gasteiger charge is 2.44. The lowest BCUT2D eigenvalue weighted by Gasteiger charge is -2.16. The van der Waals surface area contributed by atoms with E-state index in [2.05, 4.69) is 4.72 Å². The molecule has 0 fully saturated rings. The van der Waals surface area contributed by atoms with E-state index in [0.29, 0.717) is 22.4 Å². The third-order valence-corrected chi connectivity index (χ3v) is 5.75. The van der Waals surface area contributed by atoms with Crippen LogP contribution in [-0.4, -0.2) is 32.0 Å². The Morgan fingerprint density at radius 3 is 2.50 bits per heavy atom. The van der Waals surface area contributed by atoms with E-state index in [0.717, 1.165) is 12.1 Å². The van der Waals surface area contributed by atoms with Gasteiger partial charge in [-0.1, -0.05) is 13.0 Å². The number of hydrogen-bond donors (Lipinski definition) is 1. The lowest BCUT2D eigenvalue weighted by molar-refractivity contribution is -0.186. The summed E-state index contributed by atoms with van der Waals surface area (Å²) in [5.74, 6) is -2.57. The zero-order valence-electron chi connectivity index (χ0n) is 15.8. The van der Waals surface area contributed by atoms with Gasteiger partial charge in [-0.05, 0) is 41.8 Å². The summed E-state index contributed by atoms with van der Waals surface area (Å²) in [5.41, 5.74) is 0.761. The summed E-state index contributed by atoms with van der Waals surface area (Å²) in [7, 11) is -4.14. The Morgan fingerprint density at radius 2 is 1.83 bits per heavy atom. The third-order valence-electron chi connectivity index (χ3n) is 4.39. The summed E-state index contributed by atoms with van der Waals surface area (Å²) in [6.45, 7) is 1.48. The molecule has 2 aromatic rings. The van der Waals surface area contributed by atoms with Crippen LogP contribution < -0.4 is 9.46 Å². The van der Waals surface area contributed by atoms with E-state index in [4.69, 9.17) is 4.74 Å². The molecule has 1 N–H and O–H groups in total. The lowest BCUT2D eigenvalue weighted by Crippen LogP contribution is -2.37. The van der Waals surface area contributed by atoms with Crippen LogP contribution in [0.5, 0.6) is 5.75 Å². The molecular weight excluding hydrogens is 428 g/mol. The standard InChI is InChI=1S/C19H18F4N2O4S/c1-2-7-29-17-9-14(20)4-6-16(17)24-30(27,28)15-5-3-12-10-25(11-13(12)8-15)18(26)19(21,22)23/h3-6,8-9,24H,2,7,10-11H2,1H3. The smallest absolute Gasteiger partial charge is 0.471 e. The van der Waals surface area contributed by atoms with Gasteiger partial charge in [0.05, 0.1) is 17.2 Å². The number of rotatable bonds is 6. The van der Waals surface area contributed by atoms with E-state index in [1.165, 1.54) is 24.3 Å². The fourth-order valence-corrected chi connectivity index (χ4v) is 4.10. The quantitative estimate of drug-likeness (QED) is 0.685. The first-order valence-corrected chi connectivity index (χ1v) is 10.4. The van der Waals surface area contributed by atoms with Crippen LogP contribution in [-0.2, 0) is 27.9 Å². The van der Waals surface area contributed by atoms with Crippen molar-refractivity contribution in [3.05, 3.63) is 53.3 Å². The second-order valence-corrected chi connectivity index (χ2v) is 8.37. The highest BCUT2D eigenvalue weighted by Crippen LogP contribution is 2.32. The van der Waals surface area contributed by atoms with Crippen LogP contribution in [0.15, 0.2) is 41.3 Å². The first-order chi connectivity index (χ1) is 14.0. The molecule has 2 aromatic carbocycles. The normalized spacial score (nSPS) is 13.8. The van der Waals surface area contributed by atoms with Crippen LogP contribution in [0.1, 0.15) is 24.5 Å². The summed E-state index contributed by atoms with van der Waals surface area (Å²) >= 11 is 0. The fraction of sp³-hybridized carbons (Fsp3) is 0.316. The molecule has 0 aromatic heterocycles. The summed E-state index contributed by atoms with van der Waals surface area (Å²) in [4.78, 5) is 11.8. The van der Waals surface area contributed by atoms with Gasteiger partial charge in [-0.2, -0.15) is 13.2 Å². The Labute approximate surface area is 170 Å². The van der Waals surface area contributed by atoms with E-state index in [1.807, 2.05) is 6.92 Å². The molecule has 0 saturated carbocycles. The van der Waals surface area contributed by atoms with Crippen molar-refractivity contribution in [3.8, 4) is 5.75 Å². The Kier molecular flexibility index (Phi) is 5.93. The maximum Gasteiger partial charge on any atom is 0.471 e. The second kappa shape index (κ2) is 8.13. The van der Waals surface area contributed by atoms with Crippen molar-refractivity contribution in [2.24, 2.45) is 0 Å². The summed E-state index contributed by atoms with van der Waals surface area (Å²) in [6.07, 6.45) is -4.38. The minimum Gasteiger partial charge on any atom is -0.491 e. The third kappa shape index (κ3) is 4.66. The maximum atomic E-state index is 13.5. The lowest BCUT2D eigenvalue weighted by atomic mass is 10.1. The molecule has 0 atom stereocenters. The molecule has 6 nitrogen and oxygen atoms in total. The van der Waals surface area contributed by atoms with Crippen LogP contribution in [0.3, 0.4) is 0 Å². The molecular formula is C19H18F4N2O4S. The van der Waals surface area contributed by atoms with Gasteiger partial charge in [0.15, 0.2) is 0 Å². The molecule has 1 heterocycles. The topological polar surface area (TPSA) is 75.7 Å². The molecule has 0 radical (unpaired) electrons. The van der Waals surface area contributed by atoms with Crippen molar-refractivity contribution in [2.45, 2.75) is 37.5 Å². The van der Waals surface area contributed by atoms with Crippen LogP contribution in [0.25, 0.3) is 0 Å². The Bertz CT molecular complexity index is 1070. The molecule has 1 aliphatic heterocycles. The number of nitrogens with zero attached hydrogens (tertiary/aromatic N) is 1. The summed E-state index contributed by atoms with van der Waals surface area (Å²) in [6, 6.07) is 7.16. The number of alkyl halides is 3. The van der Waals surface area contributed by atoms with Gasteiger partial charge in [0.2, 0.25) is 0 Å². The molecule has 0 unspecified atom stereocenters. The summed E-state index contributed by atoms with van der Waals surface area (Å²) < 4.78 is 84.7. The van der Waals surface area contributed by atoms with Gasteiger partial charge in [-0.25, -0.2) is 12.8 Å². The molecule has 1 aliphatic rings. The first kappa shape index (κ1) is 21.9. The molecule has 3 rings (SSSR count). The molecule has 11 heteroatoms. The van der Waals surface area contributed by atoms with Crippen LogP contribution in [0.4, 0.5) is 23.2 Å². The number of halogens is 4. The van der Waals surface area contributed by atoms with Gasteiger partial charge in [0, 0.05) is 19.2 Å². The number of ether oxygens (including phenoxy) is 1. The SMILES string of the molecule is CCCOc1cc(F)ccc1NS(=O)(=O)c1ccc2c(c1)CN(C(=O)C(F)(F)F)C2. The average molecular weight is 446 g/mol. The number of fused-ring (bicyclic) bond motifs is 1. The number of sulfonamides is 1. The van der Waals surface area contributed by atoms with Crippen molar-refractivity contribution in [1.29, 1.82) is 0 Å². The Morgan fingerprint density at radius 1 is 1.13 bits per heavy atom. The number of carbonyl (C=O) groups is 1. The Balaban J connectivity index is 1.84. The van der Waals surface area contributed by atoms with Crippen LogP contribution in [0.2, 0.25) is 0 Å². The average Bonchev–Trinajstić information content (AvgIpc) is 3.09. The van der Waals surface area contributed by atoms with Crippen molar-refractivity contribution in [1.82, 2.24) is 4.90 Å². The number of benzene rings is 2. The number of amides is 1. The van der Waals surface area contributed by atoms with Gasteiger partial charge < -0.3 is 9.64 Å². The predicted molar refractivity (Wildman–Crippen MR) is 99.7 cm³/mol. The van der Waals surface area contributed by atoms with Gasteiger partial charge >= 0.3 is 12.1 Å². The highest BCUT2D eigenvalue weighted by molar-refractivity contribution is 7.92. The van der Waals surface area contributed by atoms with Gasteiger partial charge in [-0.3, -0.25) is 9.52 Å². The first-order valence-electron chi connectivity index (χ1n) is 8.94. The minimum atomic E-state index is -5.00. The molecule has 0 aliphatic carbocycles. The van der Waals surface area contributed by atoms with Crippen molar-refractivity contribution >= 4 is 21.6 Å². The maximum absolute atomic E-state index is 13.5. The highest BCUT2D eigenvalue weighted by atomic mass is 32.2. The molecule has 0 spiro atoms. The number of carbonyl (C=O) groups excluding carboxylic acids is 1. The number of hydrogen-bond acceptors (Lipinski definition) is 4. The number of nitrogens with one attached hydrogen (secondary N) is 1. The monoisotopic (exact) mass is 446 g/mol.